The van der Waals surface area contributed by atoms with Gasteiger partial charge in [0.05, 0.1) is 17.7 Å². The van der Waals surface area contributed by atoms with Crippen LogP contribution < -0.4 is 10.3 Å². The molecule has 0 spiro atoms. The van der Waals surface area contributed by atoms with Crippen molar-refractivity contribution in [1.29, 1.82) is 5.26 Å². The van der Waals surface area contributed by atoms with Crippen molar-refractivity contribution in [3.8, 4) is 17.7 Å². The summed E-state index contributed by atoms with van der Waals surface area (Å²) in [6.45, 7) is 1.29. The number of azo groups is 1. The van der Waals surface area contributed by atoms with Crippen LogP contribution in [-0.4, -0.2) is 21.7 Å². The van der Waals surface area contributed by atoms with Crippen molar-refractivity contribution in [1.82, 2.24) is 4.57 Å². The lowest BCUT2D eigenvalue weighted by Crippen LogP contribution is -2.22. The van der Waals surface area contributed by atoms with E-state index in [1.807, 2.05) is 0 Å². The Labute approximate surface area is 201 Å². The molecule has 10 nitrogen and oxygen atoms in total. The number of aromatic nitrogens is 1. The Balaban J connectivity index is 2.02. The molecule has 3 rings (SSSR count). The summed E-state index contributed by atoms with van der Waals surface area (Å²) < 4.78 is 45.7. The second-order valence-electron chi connectivity index (χ2n) is 7.50. The number of benzene rings is 2. The molecule has 0 saturated carbocycles. The molecule has 1 N–H and O–H groups in total. The van der Waals surface area contributed by atoms with E-state index in [1.165, 1.54) is 14.0 Å². The van der Waals surface area contributed by atoms with E-state index < -0.39 is 39.5 Å². The van der Waals surface area contributed by atoms with Crippen LogP contribution in [0, 0.1) is 28.4 Å². The lowest BCUT2D eigenvalue weighted by atomic mass is 10.1. The molecule has 186 valence electrons. The molecular weight excluding hydrogens is 483 g/mol. The van der Waals surface area contributed by atoms with Gasteiger partial charge in [0.25, 0.3) is 11.2 Å². The molecule has 3 aromatic rings. The number of nitro groups is 1. The number of methoxy groups -OCH3 is 1. The number of aromatic hydroxyl groups is 1. The van der Waals surface area contributed by atoms with Crippen LogP contribution in [0.25, 0.3) is 0 Å². The first kappa shape index (κ1) is 25.9. The maximum Gasteiger partial charge on any atom is 0.423 e. The van der Waals surface area contributed by atoms with E-state index in [4.69, 9.17) is 4.74 Å². The Morgan fingerprint density at radius 1 is 1.19 bits per heavy atom. The first-order chi connectivity index (χ1) is 17.0. The Kier molecular flexibility index (Phi) is 7.38. The van der Waals surface area contributed by atoms with Crippen LogP contribution in [0.1, 0.15) is 22.3 Å². The number of rotatable bonds is 7. The van der Waals surface area contributed by atoms with E-state index in [0.717, 1.165) is 16.2 Å². The maximum atomic E-state index is 13.2. The van der Waals surface area contributed by atoms with Gasteiger partial charge in [-0.25, -0.2) is 0 Å². The largest absolute Gasteiger partial charge is 0.497 e. The number of nitriles is 1. The molecule has 0 radical (unpaired) electrons. The van der Waals surface area contributed by atoms with Crippen LogP contribution in [0.3, 0.4) is 0 Å². The number of halogens is 3. The standard InChI is InChI=1S/C23H18F3N5O5/c1-13-17(12-27)21(32)30(10-9-14-3-6-16(36-2)7-4-14)22(33)20(13)29-28-15-5-8-19(31(34)35)18(11-15)23(24,25)26/h3-8,11,32H,9-10H2,1-2H3. The number of nitrogens with zero attached hydrogens (tertiary/aromatic N) is 5. The van der Waals surface area contributed by atoms with Gasteiger partial charge in [-0.3, -0.25) is 19.5 Å². The predicted octanol–water partition coefficient (Wildman–Crippen LogP) is 5.33. The van der Waals surface area contributed by atoms with Crippen LogP contribution in [0.5, 0.6) is 11.6 Å². The molecule has 0 amide bonds. The molecule has 0 fully saturated rings. The molecule has 36 heavy (non-hydrogen) atoms. The second kappa shape index (κ2) is 10.3. The van der Waals surface area contributed by atoms with Crippen molar-refractivity contribution < 1.29 is 27.9 Å². The number of hydrogen-bond acceptors (Lipinski definition) is 8. The summed E-state index contributed by atoms with van der Waals surface area (Å²) in [5.41, 5.74) is -3.75. The molecule has 0 bridgehead atoms. The Hall–Kier alpha value is -4.73. The number of ether oxygens (including phenoxy) is 1. The first-order valence-electron chi connectivity index (χ1n) is 10.2. The van der Waals surface area contributed by atoms with Gasteiger partial charge in [-0.05, 0) is 43.2 Å². The van der Waals surface area contributed by atoms with Crippen molar-refractivity contribution in [2.24, 2.45) is 10.2 Å². The summed E-state index contributed by atoms with van der Waals surface area (Å²) in [6.07, 6.45) is -4.73. The summed E-state index contributed by atoms with van der Waals surface area (Å²) in [4.78, 5) is 22.8. The summed E-state index contributed by atoms with van der Waals surface area (Å²) in [5, 5.41) is 38.3. The molecule has 0 unspecified atom stereocenters. The highest BCUT2D eigenvalue weighted by Crippen LogP contribution is 2.38. The average molecular weight is 501 g/mol. The molecular formula is C23H18F3N5O5. The van der Waals surface area contributed by atoms with E-state index in [0.29, 0.717) is 24.3 Å². The molecule has 1 heterocycles. The third-order valence-corrected chi connectivity index (χ3v) is 5.30. The van der Waals surface area contributed by atoms with E-state index in [1.54, 1.807) is 30.3 Å². The Morgan fingerprint density at radius 2 is 1.86 bits per heavy atom. The lowest BCUT2D eigenvalue weighted by Gasteiger charge is -2.13. The fourth-order valence-electron chi connectivity index (χ4n) is 3.38. The summed E-state index contributed by atoms with van der Waals surface area (Å²) in [5.74, 6) is 0.0469. The number of aryl methyl sites for hydroxylation is 1. The maximum absolute atomic E-state index is 13.2. The number of alkyl halides is 3. The lowest BCUT2D eigenvalue weighted by molar-refractivity contribution is -0.388. The van der Waals surface area contributed by atoms with E-state index in [2.05, 4.69) is 10.2 Å². The highest BCUT2D eigenvalue weighted by atomic mass is 19.4. The van der Waals surface area contributed by atoms with Crippen LogP contribution >= 0.6 is 0 Å². The zero-order valence-electron chi connectivity index (χ0n) is 18.9. The van der Waals surface area contributed by atoms with Crippen molar-refractivity contribution in [3.63, 3.8) is 0 Å². The third kappa shape index (κ3) is 5.33. The van der Waals surface area contributed by atoms with Crippen LogP contribution in [0.2, 0.25) is 0 Å². The Bertz CT molecular complexity index is 1440. The van der Waals surface area contributed by atoms with Crippen LogP contribution in [0.15, 0.2) is 57.5 Å². The molecule has 2 aromatic carbocycles. The molecule has 1 aromatic heterocycles. The zero-order chi connectivity index (χ0) is 26.6. The molecule has 0 atom stereocenters. The van der Waals surface area contributed by atoms with Gasteiger partial charge in [0.15, 0.2) is 5.69 Å². The quantitative estimate of drug-likeness (QED) is 0.263. The smallest absolute Gasteiger partial charge is 0.423 e. The van der Waals surface area contributed by atoms with Crippen LogP contribution in [-0.2, 0) is 19.1 Å². The van der Waals surface area contributed by atoms with Crippen molar-refractivity contribution in [3.05, 3.63) is 85.2 Å². The summed E-state index contributed by atoms with van der Waals surface area (Å²) in [7, 11) is 1.51. The normalized spacial score (nSPS) is 11.4. The van der Waals surface area contributed by atoms with Gasteiger partial charge >= 0.3 is 6.18 Å². The number of nitro benzene ring substituents is 1. The number of hydrogen-bond donors (Lipinski definition) is 1. The van der Waals surface area contributed by atoms with Crippen molar-refractivity contribution in [2.75, 3.05) is 7.11 Å². The van der Waals surface area contributed by atoms with Crippen molar-refractivity contribution in [2.45, 2.75) is 26.1 Å². The molecule has 0 aliphatic rings. The van der Waals surface area contributed by atoms with Gasteiger partial charge in [-0.15, -0.1) is 5.11 Å². The number of pyridine rings is 1. The van der Waals surface area contributed by atoms with Gasteiger partial charge < -0.3 is 9.84 Å². The van der Waals surface area contributed by atoms with Gasteiger partial charge in [-0.1, -0.05) is 12.1 Å². The van der Waals surface area contributed by atoms with E-state index >= 15 is 0 Å². The molecule has 0 aliphatic heterocycles. The highest BCUT2D eigenvalue weighted by Gasteiger charge is 2.38. The fourth-order valence-corrected chi connectivity index (χ4v) is 3.38. The topological polar surface area (TPSA) is 143 Å². The summed E-state index contributed by atoms with van der Waals surface area (Å²) in [6, 6.07) is 10.7. The molecule has 13 heteroatoms. The van der Waals surface area contributed by atoms with E-state index in [9.17, 15) is 38.4 Å². The fraction of sp³-hybridized carbons (Fsp3) is 0.217. The third-order valence-electron chi connectivity index (χ3n) is 5.30. The Morgan fingerprint density at radius 3 is 2.42 bits per heavy atom. The van der Waals surface area contributed by atoms with E-state index in [-0.39, 0.29) is 23.4 Å². The second-order valence-corrected chi connectivity index (χ2v) is 7.50. The predicted molar refractivity (Wildman–Crippen MR) is 121 cm³/mol. The minimum Gasteiger partial charge on any atom is -0.497 e. The van der Waals surface area contributed by atoms with Gasteiger partial charge in [0, 0.05) is 18.2 Å². The average Bonchev–Trinajstić information content (AvgIpc) is 2.83. The summed E-state index contributed by atoms with van der Waals surface area (Å²) >= 11 is 0. The molecule has 0 aliphatic carbocycles. The monoisotopic (exact) mass is 501 g/mol. The van der Waals surface area contributed by atoms with Crippen molar-refractivity contribution >= 4 is 17.1 Å². The van der Waals surface area contributed by atoms with Crippen LogP contribution in [0.4, 0.5) is 30.2 Å². The highest BCUT2D eigenvalue weighted by molar-refractivity contribution is 5.57. The van der Waals surface area contributed by atoms with Gasteiger partial charge in [0.2, 0.25) is 5.88 Å². The minimum atomic E-state index is -5.02. The SMILES string of the molecule is COc1ccc(CCn2c(O)c(C#N)c(C)c(N=Nc3ccc([N+](=O)[O-])c(C(F)(F)F)c3)c2=O)cc1. The zero-order valence-corrected chi connectivity index (χ0v) is 18.9. The first-order valence-corrected chi connectivity index (χ1v) is 10.2. The van der Waals surface area contributed by atoms with Gasteiger partial charge in [-0.2, -0.15) is 23.5 Å². The molecule has 0 saturated heterocycles. The minimum absolute atomic E-state index is 0.0256. The van der Waals surface area contributed by atoms with Gasteiger partial charge in [0.1, 0.15) is 22.9 Å².